The maximum absolute atomic E-state index is 5.25. The summed E-state index contributed by atoms with van der Waals surface area (Å²) < 4.78 is 2.45. The van der Waals surface area contributed by atoms with Crippen molar-refractivity contribution in [1.29, 1.82) is 0 Å². The van der Waals surface area contributed by atoms with Crippen molar-refractivity contribution in [2.24, 2.45) is 9.98 Å². The normalized spacial score (nSPS) is 17.8. The van der Waals surface area contributed by atoms with Gasteiger partial charge in [0.15, 0.2) is 6.17 Å². The number of benzene rings is 6. The second-order valence-electron chi connectivity index (χ2n) is 15.3. The molecule has 1 unspecified atom stereocenters. The van der Waals surface area contributed by atoms with Crippen molar-refractivity contribution in [3.05, 3.63) is 173 Å². The zero-order chi connectivity index (χ0) is 34.7. The molecule has 0 fully saturated rings. The van der Waals surface area contributed by atoms with Gasteiger partial charge < -0.3 is 9.88 Å². The van der Waals surface area contributed by atoms with Crippen molar-refractivity contribution in [2.45, 2.75) is 57.5 Å². The van der Waals surface area contributed by atoms with Gasteiger partial charge in [-0.25, -0.2) is 9.98 Å². The summed E-state index contributed by atoms with van der Waals surface area (Å²) in [5, 5.41) is 6.39. The largest absolute Gasteiger partial charge is 0.324 e. The quantitative estimate of drug-likeness (QED) is 0.196. The molecular formula is C47H42N4. The molecule has 2 aliphatic rings. The summed E-state index contributed by atoms with van der Waals surface area (Å²) in [6.07, 6.45) is 1.99. The van der Waals surface area contributed by atoms with Crippen molar-refractivity contribution in [1.82, 2.24) is 9.88 Å². The number of hydrogen-bond acceptors (Lipinski definition) is 3. The minimum Gasteiger partial charge on any atom is -0.324 e. The first-order valence-corrected chi connectivity index (χ1v) is 18.1. The number of hydrogen-bond donors (Lipinski definition) is 1. The molecule has 1 aromatic heterocycles. The number of fused-ring (bicyclic) bond motifs is 5. The molecule has 0 bridgehead atoms. The van der Waals surface area contributed by atoms with Crippen molar-refractivity contribution < 1.29 is 0 Å². The second-order valence-corrected chi connectivity index (χ2v) is 15.3. The summed E-state index contributed by atoms with van der Waals surface area (Å²) in [7, 11) is 0. The molecule has 1 aliphatic carbocycles. The van der Waals surface area contributed by atoms with Crippen molar-refractivity contribution >= 4 is 33.5 Å². The van der Waals surface area contributed by atoms with E-state index in [0.29, 0.717) is 0 Å². The van der Waals surface area contributed by atoms with E-state index in [1.807, 2.05) is 6.07 Å². The van der Waals surface area contributed by atoms with Crippen LogP contribution in [0.25, 0.3) is 38.6 Å². The Labute approximate surface area is 300 Å². The molecular weight excluding hydrogens is 621 g/mol. The van der Waals surface area contributed by atoms with Crippen molar-refractivity contribution in [3.8, 4) is 16.8 Å². The molecule has 1 aliphatic heterocycles. The Hall–Kier alpha value is -5.74. The third-order valence-electron chi connectivity index (χ3n) is 11.1. The van der Waals surface area contributed by atoms with E-state index < -0.39 is 0 Å². The van der Waals surface area contributed by atoms with Gasteiger partial charge in [0.25, 0.3) is 0 Å². The highest BCUT2D eigenvalue weighted by Gasteiger charge is 2.39. The maximum atomic E-state index is 5.25. The van der Waals surface area contributed by atoms with Gasteiger partial charge in [0.05, 0.1) is 11.0 Å². The summed E-state index contributed by atoms with van der Waals surface area (Å²) >= 11 is 0. The fraction of sp³-hybridized carbons (Fsp3) is 0.191. The van der Waals surface area contributed by atoms with E-state index >= 15 is 0 Å². The van der Waals surface area contributed by atoms with E-state index in [-0.39, 0.29) is 17.0 Å². The molecule has 0 spiro atoms. The van der Waals surface area contributed by atoms with Crippen LogP contribution in [0.3, 0.4) is 0 Å². The smallest absolute Gasteiger partial charge is 0.169 e. The number of nitrogens with zero attached hydrogens (tertiary/aromatic N) is 3. The van der Waals surface area contributed by atoms with Crippen LogP contribution in [0.15, 0.2) is 156 Å². The molecule has 0 amide bonds. The van der Waals surface area contributed by atoms with Crippen molar-refractivity contribution in [3.63, 3.8) is 0 Å². The molecule has 0 saturated carbocycles. The molecule has 1 N–H and O–H groups in total. The first-order valence-electron chi connectivity index (χ1n) is 18.1. The molecule has 4 nitrogen and oxygen atoms in total. The fourth-order valence-corrected chi connectivity index (χ4v) is 8.35. The summed E-state index contributed by atoms with van der Waals surface area (Å²) in [4.78, 5) is 10.5. The average Bonchev–Trinajstić information content (AvgIpc) is 3.51. The lowest BCUT2D eigenvalue weighted by Gasteiger charge is -2.42. The highest BCUT2D eigenvalue weighted by atomic mass is 15.2. The third-order valence-corrected chi connectivity index (χ3v) is 11.1. The molecule has 0 saturated heterocycles. The van der Waals surface area contributed by atoms with Crippen LogP contribution >= 0.6 is 0 Å². The van der Waals surface area contributed by atoms with Crippen LogP contribution in [-0.2, 0) is 10.8 Å². The van der Waals surface area contributed by atoms with Gasteiger partial charge in [-0.05, 0) is 75.8 Å². The SMILES string of the molecule is CC1(C)CCC(C)(C)c2c1ccc1c2c2ccccc2n1-c1cccc(C2=NC(c3ccccc3)N=C(c3ccccc3-c3ccccc3)N2)c1. The molecule has 0 radical (unpaired) electrons. The average molecular weight is 663 g/mol. The zero-order valence-electron chi connectivity index (χ0n) is 29.7. The predicted octanol–water partition coefficient (Wildman–Crippen LogP) is 11.3. The van der Waals surface area contributed by atoms with Crippen molar-refractivity contribution in [2.75, 3.05) is 0 Å². The highest BCUT2D eigenvalue weighted by molar-refractivity contribution is 6.18. The van der Waals surface area contributed by atoms with Crippen LogP contribution in [0.2, 0.25) is 0 Å². The Morgan fingerprint density at radius 1 is 0.569 bits per heavy atom. The van der Waals surface area contributed by atoms with Crippen LogP contribution in [-0.4, -0.2) is 16.2 Å². The highest BCUT2D eigenvalue weighted by Crippen LogP contribution is 2.50. The number of aromatic nitrogens is 1. The molecule has 250 valence electrons. The van der Waals surface area contributed by atoms with Gasteiger partial charge in [0, 0.05) is 27.6 Å². The molecule has 6 aromatic carbocycles. The lowest BCUT2D eigenvalue weighted by molar-refractivity contribution is 0.334. The second kappa shape index (κ2) is 11.9. The summed E-state index contributed by atoms with van der Waals surface area (Å²) in [6, 6.07) is 51.9. The zero-order valence-corrected chi connectivity index (χ0v) is 29.7. The number of rotatable bonds is 5. The van der Waals surface area contributed by atoms with Crippen LogP contribution < -0.4 is 5.32 Å². The molecule has 4 heteroatoms. The van der Waals surface area contributed by atoms with Gasteiger partial charge in [-0.1, -0.05) is 149 Å². The van der Waals surface area contributed by atoms with E-state index in [1.165, 1.54) is 45.8 Å². The fourth-order valence-electron chi connectivity index (χ4n) is 8.35. The Morgan fingerprint density at radius 2 is 1.22 bits per heavy atom. The molecule has 51 heavy (non-hydrogen) atoms. The van der Waals surface area contributed by atoms with Gasteiger partial charge in [-0.3, -0.25) is 0 Å². The van der Waals surface area contributed by atoms with E-state index in [9.17, 15) is 0 Å². The van der Waals surface area contributed by atoms with Gasteiger partial charge in [0.2, 0.25) is 0 Å². The van der Waals surface area contributed by atoms with E-state index in [4.69, 9.17) is 9.98 Å². The molecule has 9 rings (SSSR count). The van der Waals surface area contributed by atoms with Crippen LogP contribution in [0, 0.1) is 0 Å². The number of amidine groups is 2. The van der Waals surface area contributed by atoms with Gasteiger partial charge >= 0.3 is 0 Å². The standard InChI is InChI=1S/C47H42N4/c1-46(2)28-29-47(3,4)42-38(46)26-27-40-41(42)37-24-13-14-25-39(37)51(40)34-21-15-20-33(30-34)44-48-43(32-18-9-6-10-19-32)49-45(50-44)36-23-12-11-22-35(36)31-16-7-5-8-17-31/h5-27,30,43H,28-29H2,1-4H3,(H,48,49,50). The number of aliphatic imine (C=N–C) groups is 2. The maximum Gasteiger partial charge on any atom is 0.169 e. The minimum atomic E-state index is -0.379. The number of nitrogens with one attached hydrogen (secondary N) is 1. The first-order chi connectivity index (χ1) is 24.8. The molecule has 7 aromatic rings. The molecule has 2 heterocycles. The summed E-state index contributed by atoms with van der Waals surface area (Å²) in [5.41, 5.74) is 12.2. The lowest BCUT2D eigenvalue weighted by Crippen LogP contribution is -2.36. The monoisotopic (exact) mass is 662 g/mol. The Balaban J connectivity index is 1.21. The summed E-state index contributed by atoms with van der Waals surface area (Å²) in [6.45, 7) is 9.68. The Kier molecular flexibility index (Phi) is 7.32. The first kappa shape index (κ1) is 31.3. The van der Waals surface area contributed by atoms with E-state index in [1.54, 1.807) is 0 Å². The Bertz CT molecular complexity index is 2500. The van der Waals surface area contributed by atoms with Crippen LogP contribution in [0.1, 0.15) is 74.5 Å². The molecule has 1 atom stereocenters. The van der Waals surface area contributed by atoms with Gasteiger partial charge in [0.1, 0.15) is 11.7 Å². The summed E-state index contributed by atoms with van der Waals surface area (Å²) in [5.74, 6) is 1.62. The number of para-hydroxylation sites is 1. The third kappa shape index (κ3) is 5.29. The van der Waals surface area contributed by atoms with E-state index in [2.05, 4.69) is 177 Å². The van der Waals surface area contributed by atoms with Crippen LogP contribution in [0.5, 0.6) is 0 Å². The lowest BCUT2D eigenvalue weighted by atomic mass is 9.62. The van der Waals surface area contributed by atoms with Crippen LogP contribution in [0.4, 0.5) is 0 Å². The topological polar surface area (TPSA) is 41.7 Å². The van der Waals surface area contributed by atoms with Gasteiger partial charge in [-0.15, -0.1) is 0 Å². The van der Waals surface area contributed by atoms with Gasteiger partial charge in [-0.2, -0.15) is 0 Å². The minimum absolute atomic E-state index is 0.0835. The van der Waals surface area contributed by atoms with E-state index in [0.717, 1.165) is 45.2 Å². The Morgan fingerprint density at radius 3 is 2.02 bits per heavy atom. The predicted molar refractivity (Wildman–Crippen MR) is 213 cm³/mol.